The molecule has 1 saturated heterocycles. The first-order valence-electron chi connectivity index (χ1n) is 4.78. The first kappa shape index (κ1) is 11.0. The molecule has 2 radical (unpaired) electrons. The summed E-state index contributed by atoms with van der Waals surface area (Å²) in [7, 11) is 3.45. The van der Waals surface area contributed by atoms with E-state index in [-0.39, 0.29) is 17.7 Å². The van der Waals surface area contributed by atoms with Gasteiger partial charge in [0.1, 0.15) is 5.78 Å². The van der Waals surface area contributed by atoms with Gasteiger partial charge in [-0.15, -0.1) is 0 Å². The number of rotatable bonds is 1. The molecule has 0 unspecified atom stereocenters. The van der Waals surface area contributed by atoms with Crippen molar-refractivity contribution in [3.05, 3.63) is 6.92 Å². The molecule has 1 rings (SSSR count). The number of piperidine rings is 1. The Morgan fingerprint density at radius 1 is 1.29 bits per heavy atom. The van der Waals surface area contributed by atoms with Crippen LogP contribution in [0.25, 0.3) is 0 Å². The summed E-state index contributed by atoms with van der Waals surface area (Å²) in [6.07, 6.45) is 1.38. The molecule has 1 aliphatic heterocycles. The lowest BCUT2D eigenvalue weighted by atomic mass is 9.93. The van der Waals surface area contributed by atoms with Crippen molar-refractivity contribution < 1.29 is 9.59 Å². The van der Waals surface area contributed by atoms with E-state index in [9.17, 15) is 9.59 Å². The largest absolute Gasteiger partial charge is 0.331 e. The molecule has 0 atom stereocenters. The molecule has 0 spiro atoms. The van der Waals surface area contributed by atoms with Gasteiger partial charge in [-0.2, -0.15) is 0 Å². The van der Waals surface area contributed by atoms with Crippen LogP contribution < -0.4 is 0 Å². The van der Waals surface area contributed by atoms with E-state index in [2.05, 4.69) is 0 Å². The van der Waals surface area contributed by atoms with Crippen LogP contribution in [0, 0.1) is 12.8 Å². The van der Waals surface area contributed by atoms with E-state index < -0.39 is 0 Å². The number of nitrogens with zero attached hydrogens (tertiary/aromatic N) is 2. The minimum Gasteiger partial charge on any atom is -0.331 e. The van der Waals surface area contributed by atoms with Crippen molar-refractivity contribution in [3.63, 3.8) is 0 Å². The van der Waals surface area contributed by atoms with Crippen LogP contribution in [0.1, 0.15) is 12.8 Å². The van der Waals surface area contributed by atoms with Crippen LogP contribution in [0.2, 0.25) is 0 Å². The standard InChI is InChI=1S/C10H16N2O2/c1-8(13)9-4-6-12(7-5-9)10(14)11(2)3/h1,9H,4-7H2,2-3H3. The third kappa shape index (κ3) is 2.47. The molecule has 0 aromatic heterocycles. The Morgan fingerprint density at radius 3 is 2.14 bits per heavy atom. The van der Waals surface area contributed by atoms with E-state index in [1.165, 1.54) is 0 Å². The number of Topliss-reactive ketones (excluding diaryl/α,β-unsaturated/α-hetero) is 1. The van der Waals surface area contributed by atoms with E-state index in [0.717, 1.165) is 0 Å². The molecule has 78 valence electrons. The lowest BCUT2D eigenvalue weighted by Gasteiger charge is -2.32. The highest BCUT2D eigenvalue weighted by Gasteiger charge is 2.25. The molecule has 1 aliphatic rings. The Hall–Kier alpha value is -1.06. The third-order valence-corrected chi connectivity index (χ3v) is 2.55. The van der Waals surface area contributed by atoms with Gasteiger partial charge in [0.05, 0.1) is 0 Å². The fourth-order valence-electron chi connectivity index (χ4n) is 1.64. The second kappa shape index (κ2) is 4.44. The van der Waals surface area contributed by atoms with Crippen molar-refractivity contribution >= 4 is 11.8 Å². The quantitative estimate of drug-likeness (QED) is 0.618. The Kier molecular flexibility index (Phi) is 3.49. The molecular formula is C10H16N2O2. The van der Waals surface area contributed by atoms with Crippen molar-refractivity contribution in [1.29, 1.82) is 0 Å². The SMILES string of the molecule is [CH]C(=O)C1CCN(C(=O)N(C)C)CC1. The number of urea groups is 1. The number of amides is 2. The van der Waals surface area contributed by atoms with Crippen LogP contribution in [0.3, 0.4) is 0 Å². The normalized spacial score (nSPS) is 18.1. The molecule has 0 bridgehead atoms. The van der Waals surface area contributed by atoms with Gasteiger partial charge in [-0.25, -0.2) is 4.79 Å². The van der Waals surface area contributed by atoms with Gasteiger partial charge in [0.25, 0.3) is 0 Å². The van der Waals surface area contributed by atoms with E-state index in [1.807, 2.05) is 0 Å². The van der Waals surface area contributed by atoms with Crippen molar-refractivity contribution in [2.45, 2.75) is 12.8 Å². The van der Waals surface area contributed by atoms with Crippen molar-refractivity contribution in [3.8, 4) is 0 Å². The van der Waals surface area contributed by atoms with Gasteiger partial charge >= 0.3 is 6.03 Å². The first-order valence-corrected chi connectivity index (χ1v) is 4.78. The highest BCUT2D eigenvalue weighted by atomic mass is 16.2. The summed E-state index contributed by atoms with van der Waals surface area (Å²) in [6.45, 7) is 6.45. The van der Waals surface area contributed by atoms with E-state index in [1.54, 1.807) is 23.9 Å². The predicted molar refractivity (Wildman–Crippen MR) is 52.7 cm³/mol. The number of ketones is 1. The third-order valence-electron chi connectivity index (χ3n) is 2.55. The zero-order valence-corrected chi connectivity index (χ0v) is 8.69. The smallest absolute Gasteiger partial charge is 0.319 e. The average Bonchev–Trinajstić information content (AvgIpc) is 2.16. The number of carbonyl (C=O) groups excluding carboxylic acids is 2. The summed E-state index contributed by atoms with van der Waals surface area (Å²) in [6, 6.07) is 0.00733. The highest BCUT2D eigenvalue weighted by molar-refractivity contribution is 5.85. The van der Waals surface area contributed by atoms with E-state index >= 15 is 0 Å². The predicted octanol–water partition coefficient (Wildman–Crippen LogP) is 0.660. The molecule has 0 aromatic carbocycles. The fraction of sp³-hybridized carbons (Fsp3) is 0.700. The summed E-state index contributed by atoms with van der Waals surface area (Å²) in [5.74, 6) is -0.303. The molecule has 4 heteroatoms. The zero-order chi connectivity index (χ0) is 10.7. The number of hydrogen-bond donors (Lipinski definition) is 0. The monoisotopic (exact) mass is 196 g/mol. The van der Waals surface area contributed by atoms with Crippen molar-refractivity contribution in [1.82, 2.24) is 9.80 Å². The summed E-state index contributed by atoms with van der Waals surface area (Å²) in [5, 5.41) is 0. The molecular weight excluding hydrogens is 180 g/mol. The van der Waals surface area contributed by atoms with Gasteiger partial charge in [-0.1, -0.05) is 0 Å². The Morgan fingerprint density at radius 2 is 1.79 bits per heavy atom. The second-order valence-electron chi connectivity index (χ2n) is 3.84. The van der Waals surface area contributed by atoms with Gasteiger partial charge in [0, 0.05) is 40.0 Å². The van der Waals surface area contributed by atoms with E-state index in [0.29, 0.717) is 25.9 Å². The maximum Gasteiger partial charge on any atom is 0.319 e. The topological polar surface area (TPSA) is 40.6 Å². The molecule has 2 amide bonds. The molecule has 4 nitrogen and oxygen atoms in total. The van der Waals surface area contributed by atoms with Crippen LogP contribution in [0.4, 0.5) is 4.79 Å². The average molecular weight is 196 g/mol. The molecule has 0 aromatic rings. The van der Waals surface area contributed by atoms with Crippen molar-refractivity contribution in [2.75, 3.05) is 27.2 Å². The lowest BCUT2D eigenvalue weighted by molar-refractivity contribution is -0.119. The summed E-state index contributed by atoms with van der Waals surface area (Å²) in [5.41, 5.74) is 0. The molecule has 14 heavy (non-hydrogen) atoms. The molecule has 1 fully saturated rings. The van der Waals surface area contributed by atoms with Crippen LogP contribution in [-0.4, -0.2) is 48.8 Å². The van der Waals surface area contributed by atoms with Gasteiger partial charge in [-0.3, -0.25) is 4.79 Å². The van der Waals surface area contributed by atoms with Gasteiger partial charge < -0.3 is 9.80 Å². The zero-order valence-electron chi connectivity index (χ0n) is 8.69. The van der Waals surface area contributed by atoms with Crippen molar-refractivity contribution in [2.24, 2.45) is 5.92 Å². The van der Waals surface area contributed by atoms with Gasteiger partial charge in [0.15, 0.2) is 0 Å². The summed E-state index contributed by atoms with van der Waals surface area (Å²) in [4.78, 5) is 25.7. The minimum absolute atomic E-state index is 0.00733. The van der Waals surface area contributed by atoms with Crippen LogP contribution >= 0.6 is 0 Å². The molecule has 1 heterocycles. The van der Waals surface area contributed by atoms with Gasteiger partial charge in [-0.05, 0) is 12.8 Å². The van der Waals surface area contributed by atoms with Crippen LogP contribution in [0.5, 0.6) is 0 Å². The maximum absolute atomic E-state index is 11.5. The Labute approximate surface area is 84.9 Å². The molecule has 0 N–H and O–H groups in total. The second-order valence-corrected chi connectivity index (χ2v) is 3.84. The molecule has 0 aliphatic carbocycles. The lowest BCUT2D eigenvalue weighted by Crippen LogP contribution is -2.44. The minimum atomic E-state index is -0.248. The Bertz CT molecular complexity index is 230. The Balaban J connectivity index is 2.43. The fourth-order valence-corrected chi connectivity index (χ4v) is 1.64. The summed E-state index contributed by atoms with van der Waals surface area (Å²) >= 11 is 0. The number of carbonyl (C=O) groups is 2. The highest BCUT2D eigenvalue weighted by Crippen LogP contribution is 2.18. The first-order chi connectivity index (χ1) is 6.52. The van der Waals surface area contributed by atoms with Gasteiger partial charge in [0.2, 0.25) is 0 Å². The number of hydrogen-bond acceptors (Lipinski definition) is 2. The number of likely N-dealkylation sites (tertiary alicyclic amines) is 1. The van der Waals surface area contributed by atoms with Crippen LogP contribution in [-0.2, 0) is 4.79 Å². The summed E-state index contributed by atoms with van der Waals surface area (Å²) < 4.78 is 0. The van der Waals surface area contributed by atoms with Crippen LogP contribution in [0.15, 0.2) is 0 Å². The molecule has 0 saturated carbocycles. The maximum atomic E-state index is 11.5. The van der Waals surface area contributed by atoms with E-state index in [4.69, 9.17) is 6.92 Å².